The Morgan fingerprint density at radius 3 is 2.29 bits per heavy atom. The molecule has 0 spiro atoms. The number of aliphatic imine (C=N–C) groups is 1. The second kappa shape index (κ2) is 11.4. The van der Waals surface area contributed by atoms with Crippen molar-refractivity contribution in [3.05, 3.63) is 17.5 Å². The first-order valence-electron chi connectivity index (χ1n) is 9.63. The maximum Gasteiger partial charge on any atom is 0.243 e. The van der Waals surface area contributed by atoms with Crippen molar-refractivity contribution < 1.29 is 4.79 Å². The summed E-state index contributed by atoms with van der Waals surface area (Å²) >= 11 is 0. The van der Waals surface area contributed by atoms with Gasteiger partial charge in [-0.15, -0.1) is 24.0 Å². The molecule has 0 aliphatic carbocycles. The van der Waals surface area contributed by atoms with Crippen LogP contribution in [0, 0.1) is 13.8 Å². The van der Waals surface area contributed by atoms with Crippen molar-refractivity contribution >= 4 is 41.8 Å². The van der Waals surface area contributed by atoms with E-state index in [4.69, 9.17) is 0 Å². The number of aryl methyl sites for hydroxylation is 2. The van der Waals surface area contributed by atoms with Crippen LogP contribution in [0.15, 0.2) is 11.1 Å². The molecule has 0 radical (unpaired) electrons. The van der Waals surface area contributed by atoms with Gasteiger partial charge in [-0.3, -0.25) is 4.79 Å². The highest BCUT2D eigenvalue weighted by molar-refractivity contribution is 14.0. The van der Waals surface area contributed by atoms with Gasteiger partial charge in [-0.05, 0) is 33.3 Å². The van der Waals surface area contributed by atoms with Crippen molar-refractivity contribution in [3.63, 3.8) is 0 Å². The molecule has 0 aromatic carbocycles. The minimum absolute atomic E-state index is 0. The molecule has 28 heavy (non-hydrogen) atoms. The molecule has 1 saturated heterocycles. The quantitative estimate of drug-likeness (QED) is 0.374. The van der Waals surface area contributed by atoms with Crippen molar-refractivity contribution in [1.29, 1.82) is 0 Å². The Kier molecular flexibility index (Phi) is 9.91. The lowest BCUT2D eigenvalue weighted by Gasteiger charge is -2.37. The topological polar surface area (TPSA) is 77.0 Å². The van der Waals surface area contributed by atoms with Crippen LogP contribution in [0.3, 0.4) is 0 Å². The minimum Gasteiger partial charge on any atom is -0.354 e. The smallest absolute Gasteiger partial charge is 0.243 e. The maximum absolute atomic E-state index is 11.9. The first-order valence-corrected chi connectivity index (χ1v) is 9.63. The van der Waals surface area contributed by atoms with E-state index >= 15 is 0 Å². The Morgan fingerprint density at radius 2 is 1.79 bits per heavy atom. The first kappa shape index (κ1) is 24.4. The molecule has 1 aliphatic heterocycles. The fourth-order valence-corrected chi connectivity index (χ4v) is 2.81. The fourth-order valence-electron chi connectivity index (χ4n) is 2.81. The molecule has 2 rings (SSSR count). The van der Waals surface area contributed by atoms with E-state index in [1.54, 1.807) is 19.0 Å². The molecule has 0 bridgehead atoms. The van der Waals surface area contributed by atoms with Gasteiger partial charge in [0.1, 0.15) is 6.54 Å². The summed E-state index contributed by atoms with van der Waals surface area (Å²) in [5, 5.41) is 3.46. The predicted octanol–water partition coefficient (Wildman–Crippen LogP) is 1.67. The average molecular weight is 503 g/mol. The predicted molar refractivity (Wildman–Crippen MR) is 125 cm³/mol. The van der Waals surface area contributed by atoms with Gasteiger partial charge in [0.25, 0.3) is 0 Å². The van der Waals surface area contributed by atoms with Gasteiger partial charge in [0.05, 0.1) is 0 Å². The van der Waals surface area contributed by atoms with Gasteiger partial charge in [0.15, 0.2) is 5.96 Å². The number of hydrogen-bond donors (Lipinski definition) is 1. The van der Waals surface area contributed by atoms with E-state index in [1.807, 2.05) is 19.9 Å². The first-order chi connectivity index (χ1) is 12.8. The monoisotopic (exact) mass is 503 g/mol. The van der Waals surface area contributed by atoms with Gasteiger partial charge in [0.2, 0.25) is 11.9 Å². The molecular formula is C19H34IN7O. The van der Waals surface area contributed by atoms with Crippen molar-refractivity contribution in [2.75, 3.05) is 51.7 Å². The number of aromatic nitrogens is 2. The number of carbonyl (C=O) groups is 1. The number of halogens is 1. The zero-order valence-electron chi connectivity index (χ0n) is 17.9. The van der Waals surface area contributed by atoms with Crippen molar-refractivity contribution in [2.45, 2.75) is 40.2 Å². The third-order valence-electron chi connectivity index (χ3n) is 4.68. The lowest BCUT2D eigenvalue weighted by atomic mass is 10.2. The number of guanidine groups is 1. The van der Waals surface area contributed by atoms with Crippen LogP contribution in [-0.4, -0.2) is 84.5 Å². The number of amides is 1. The van der Waals surface area contributed by atoms with Gasteiger partial charge in [-0.2, -0.15) is 0 Å². The maximum atomic E-state index is 11.9. The van der Waals surface area contributed by atoms with E-state index in [-0.39, 0.29) is 36.4 Å². The molecule has 1 fully saturated rings. The number of nitrogens with one attached hydrogen (secondary N) is 1. The van der Waals surface area contributed by atoms with Gasteiger partial charge >= 0.3 is 0 Å². The van der Waals surface area contributed by atoms with E-state index in [0.29, 0.717) is 6.04 Å². The van der Waals surface area contributed by atoms with Crippen LogP contribution in [0.2, 0.25) is 0 Å². The lowest BCUT2D eigenvalue weighted by Crippen LogP contribution is -2.54. The second-order valence-electron chi connectivity index (χ2n) is 7.31. The van der Waals surface area contributed by atoms with Crippen LogP contribution in [0.5, 0.6) is 0 Å². The molecule has 1 amide bonds. The number of nitrogens with zero attached hydrogens (tertiary/aromatic N) is 6. The molecule has 1 aromatic heterocycles. The number of anilines is 1. The third-order valence-corrected chi connectivity index (χ3v) is 4.68. The second-order valence-corrected chi connectivity index (χ2v) is 7.31. The molecule has 2 heterocycles. The molecule has 9 heteroatoms. The van der Waals surface area contributed by atoms with Crippen LogP contribution in [0.4, 0.5) is 5.95 Å². The molecule has 158 valence electrons. The van der Waals surface area contributed by atoms with Gasteiger partial charge in [-0.1, -0.05) is 6.92 Å². The molecule has 1 aromatic rings. The Hall–Kier alpha value is -1.65. The van der Waals surface area contributed by atoms with Gasteiger partial charge in [-0.25, -0.2) is 15.0 Å². The van der Waals surface area contributed by atoms with Gasteiger partial charge in [0, 0.05) is 57.7 Å². The van der Waals surface area contributed by atoms with Gasteiger partial charge < -0.3 is 20.0 Å². The fraction of sp³-hybridized carbons (Fsp3) is 0.684. The van der Waals surface area contributed by atoms with Crippen molar-refractivity contribution in [1.82, 2.24) is 25.1 Å². The summed E-state index contributed by atoms with van der Waals surface area (Å²) in [6.45, 7) is 11.7. The number of likely N-dealkylation sites (N-methyl/N-ethyl adjacent to an activating group) is 1. The highest BCUT2D eigenvalue weighted by Gasteiger charge is 2.22. The summed E-state index contributed by atoms with van der Waals surface area (Å²) in [6.07, 6.45) is 0.997. The molecule has 1 atom stereocenters. The van der Waals surface area contributed by atoms with E-state index in [9.17, 15) is 4.79 Å². The molecular weight excluding hydrogens is 469 g/mol. The van der Waals surface area contributed by atoms with E-state index in [1.165, 1.54) is 0 Å². The molecule has 0 saturated carbocycles. The molecule has 8 nitrogen and oxygen atoms in total. The molecule has 1 unspecified atom stereocenters. The van der Waals surface area contributed by atoms with E-state index in [2.05, 4.69) is 43.9 Å². The van der Waals surface area contributed by atoms with Crippen LogP contribution < -0.4 is 10.2 Å². The SMILES string of the molecule is CCC(C)NC(=NCC(=O)N(C)C)N1CCN(c2nc(C)cc(C)n2)CC1.I. The number of rotatable bonds is 5. The van der Waals surface area contributed by atoms with E-state index < -0.39 is 0 Å². The standard InChI is InChI=1S/C19H33N7O.HI/c1-7-14(2)21-18(20-13-17(27)24(5)6)25-8-10-26(11-9-25)19-22-15(3)12-16(4)23-19;/h12,14H,7-11,13H2,1-6H3,(H,20,21);1H. The molecule has 1 aliphatic rings. The number of carbonyl (C=O) groups excluding carboxylic acids is 1. The highest BCUT2D eigenvalue weighted by Crippen LogP contribution is 2.13. The Balaban J connectivity index is 0.00000392. The normalized spacial score (nSPS) is 15.7. The Bertz CT molecular complexity index is 652. The lowest BCUT2D eigenvalue weighted by molar-refractivity contribution is -0.127. The van der Waals surface area contributed by atoms with Crippen LogP contribution in [0.25, 0.3) is 0 Å². The van der Waals surface area contributed by atoms with Crippen molar-refractivity contribution in [3.8, 4) is 0 Å². The number of piperazine rings is 1. The average Bonchev–Trinajstić information content (AvgIpc) is 2.63. The zero-order chi connectivity index (χ0) is 20.0. The van der Waals surface area contributed by atoms with Crippen LogP contribution in [-0.2, 0) is 4.79 Å². The number of hydrogen-bond acceptors (Lipinski definition) is 5. The Labute approximate surface area is 185 Å². The third kappa shape index (κ3) is 7.06. The highest BCUT2D eigenvalue weighted by atomic mass is 127. The summed E-state index contributed by atoms with van der Waals surface area (Å²) < 4.78 is 0. The summed E-state index contributed by atoms with van der Waals surface area (Å²) in [5.74, 6) is 1.60. The summed E-state index contributed by atoms with van der Waals surface area (Å²) in [6, 6.07) is 2.29. The largest absolute Gasteiger partial charge is 0.354 e. The summed E-state index contributed by atoms with van der Waals surface area (Å²) in [7, 11) is 3.50. The Morgan fingerprint density at radius 1 is 1.21 bits per heavy atom. The molecule has 1 N–H and O–H groups in total. The zero-order valence-corrected chi connectivity index (χ0v) is 20.2. The summed E-state index contributed by atoms with van der Waals surface area (Å²) in [4.78, 5) is 31.6. The van der Waals surface area contributed by atoms with Crippen molar-refractivity contribution in [2.24, 2.45) is 4.99 Å². The van der Waals surface area contributed by atoms with E-state index in [0.717, 1.165) is 55.9 Å². The summed E-state index contributed by atoms with van der Waals surface area (Å²) in [5.41, 5.74) is 1.98. The van der Waals surface area contributed by atoms with Crippen LogP contribution in [0.1, 0.15) is 31.7 Å². The van der Waals surface area contributed by atoms with Crippen LogP contribution >= 0.6 is 24.0 Å². The minimum atomic E-state index is 0.